The summed E-state index contributed by atoms with van der Waals surface area (Å²) in [5.41, 5.74) is 2.24. The van der Waals surface area contributed by atoms with Crippen LogP contribution in [0.25, 0.3) is 0 Å². The van der Waals surface area contributed by atoms with Gasteiger partial charge in [-0.15, -0.1) is 0 Å². The van der Waals surface area contributed by atoms with Crippen molar-refractivity contribution in [1.29, 1.82) is 0 Å². The van der Waals surface area contributed by atoms with Crippen LogP contribution >= 0.6 is 0 Å². The number of hydrogen-bond donors (Lipinski definition) is 0. The molecule has 25 heavy (non-hydrogen) atoms. The lowest BCUT2D eigenvalue weighted by Gasteiger charge is -2.38. The number of likely N-dealkylation sites (tertiary alicyclic amines) is 1. The summed E-state index contributed by atoms with van der Waals surface area (Å²) in [4.78, 5) is 17.3. The second-order valence-electron chi connectivity index (χ2n) is 6.94. The van der Waals surface area contributed by atoms with Gasteiger partial charge < -0.3 is 9.32 Å². The smallest absolute Gasteiger partial charge is 0.227 e. The molecule has 0 atom stereocenters. The Bertz CT molecular complexity index is 673. The Balaban J connectivity index is 1.68. The van der Waals surface area contributed by atoms with E-state index in [2.05, 4.69) is 41.8 Å². The summed E-state index contributed by atoms with van der Waals surface area (Å²) in [5.74, 6) is 1.26. The van der Waals surface area contributed by atoms with Gasteiger partial charge in [-0.25, -0.2) is 0 Å². The van der Waals surface area contributed by atoms with Crippen LogP contribution in [0.15, 0.2) is 47.1 Å². The predicted molar refractivity (Wildman–Crippen MR) is 101 cm³/mol. The summed E-state index contributed by atoms with van der Waals surface area (Å²) in [6.07, 6.45) is 5.23. The third-order valence-electron chi connectivity index (χ3n) is 4.89. The fourth-order valence-electron chi connectivity index (χ4n) is 3.63. The molecule has 0 spiro atoms. The average molecular weight is 340 g/mol. The number of aryl methyl sites for hydroxylation is 1. The van der Waals surface area contributed by atoms with E-state index < -0.39 is 0 Å². The molecular formula is C21H28N2O2. The summed E-state index contributed by atoms with van der Waals surface area (Å²) in [7, 11) is 0. The number of hydrogen-bond acceptors (Lipinski definition) is 3. The van der Waals surface area contributed by atoms with Crippen molar-refractivity contribution in [2.24, 2.45) is 0 Å². The zero-order valence-corrected chi connectivity index (χ0v) is 15.3. The normalized spacial score (nSPS) is 16.1. The Labute approximate surface area is 150 Å². The quantitative estimate of drug-likeness (QED) is 0.783. The third-order valence-corrected chi connectivity index (χ3v) is 4.89. The second kappa shape index (κ2) is 8.34. The molecule has 2 heterocycles. The molecule has 1 aromatic carbocycles. The highest BCUT2D eigenvalue weighted by atomic mass is 16.3. The molecule has 4 nitrogen and oxygen atoms in total. The molecule has 1 aliphatic heterocycles. The number of benzene rings is 1. The lowest BCUT2D eigenvalue weighted by molar-refractivity contribution is -0.119. The Morgan fingerprint density at radius 1 is 1.24 bits per heavy atom. The standard InChI is InChI=1S/C21H28N2O2/c1-3-6-21(24)23(19-8-4-7-17(2)15-19)18-10-12-22(13-11-18)16-20-9-5-14-25-20/h4-5,7-9,14-15,18H,3,6,10-13,16H2,1-2H3. The summed E-state index contributed by atoms with van der Waals surface area (Å²) >= 11 is 0. The van der Waals surface area contributed by atoms with Gasteiger partial charge in [-0.1, -0.05) is 19.1 Å². The second-order valence-corrected chi connectivity index (χ2v) is 6.94. The van der Waals surface area contributed by atoms with Crippen molar-refractivity contribution in [1.82, 2.24) is 4.90 Å². The van der Waals surface area contributed by atoms with E-state index in [1.807, 2.05) is 18.2 Å². The molecule has 1 amide bonds. The number of anilines is 1. The van der Waals surface area contributed by atoms with Crippen molar-refractivity contribution < 1.29 is 9.21 Å². The highest BCUT2D eigenvalue weighted by molar-refractivity contribution is 5.94. The molecule has 3 rings (SSSR count). The van der Waals surface area contributed by atoms with E-state index in [1.54, 1.807) is 6.26 Å². The van der Waals surface area contributed by atoms with E-state index in [9.17, 15) is 4.79 Å². The fourth-order valence-corrected chi connectivity index (χ4v) is 3.63. The van der Waals surface area contributed by atoms with Crippen molar-refractivity contribution >= 4 is 11.6 Å². The molecule has 1 aromatic heterocycles. The molecule has 1 aliphatic rings. The van der Waals surface area contributed by atoms with Gasteiger partial charge in [0.15, 0.2) is 0 Å². The lowest BCUT2D eigenvalue weighted by Crippen LogP contribution is -2.47. The minimum Gasteiger partial charge on any atom is -0.468 e. The van der Waals surface area contributed by atoms with E-state index in [-0.39, 0.29) is 11.9 Å². The summed E-state index contributed by atoms with van der Waals surface area (Å²) in [6.45, 7) is 6.99. The molecule has 1 fully saturated rings. The predicted octanol–water partition coefficient (Wildman–Crippen LogP) is 4.39. The minimum atomic E-state index is 0.248. The van der Waals surface area contributed by atoms with Gasteiger partial charge in [0.2, 0.25) is 5.91 Å². The number of carbonyl (C=O) groups is 1. The van der Waals surface area contributed by atoms with Crippen molar-refractivity contribution in [3.05, 3.63) is 54.0 Å². The van der Waals surface area contributed by atoms with Crippen molar-refractivity contribution in [3.63, 3.8) is 0 Å². The van der Waals surface area contributed by atoms with Gasteiger partial charge >= 0.3 is 0 Å². The molecule has 4 heteroatoms. The van der Waals surface area contributed by atoms with E-state index >= 15 is 0 Å². The van der Waals surface area contributed by atoms with Crippen LogP contribution in [0.5, 0.6) is 0 Å². The van der Waals surface area contributed by atoms with Crippen molar-refractivity contribution in [3.8, 4) is 0 Å². The zero-order valence-electron chi connectivity index (χ0n) is 15.3. The first kappa shape index (κ1) is 17.7. The third kappa shape index (κ3) is 4.51. The Morgan fingerprint density at radius 2 is 2.04 bits per heavy atom. The molecule has 0 unspecified atom stereocenters. The van der Waals surface area contributed by atoms with Gasteiger partial charge in [-0.05, 0) is 56.0 Å². The molecule has 0 bridgehead atoms. The summed E-state index contributed by atoms with van der Waals surface area (Å²) < 4.78 is 5.46. The maximum Gasteiger partial charge on any atom is 0.227 e. The maximum atomic E-state index is 12.8. The number of furan rings is 1. The highest BCUT2D eigenvalue weighted by Crippen LogP contribution is 2.26. The number of carbonyl (C=O) groups excluding carboxylic acids is 1. The monoisotopic (exact) mass is 340 g/mol. The molecule has 2 aromatic rings. The maximum absolute atomic E-state index is 12.8. The van der Waals surface area contributed by atoms with Crippen LogP contribution in [0.4, 0.5) is 5.69 Å². The number of amides is 1. The highest BCUT2D eigenvalue weighted by Gasteiger charge is 2.29. The first-order chi connectivity index (χ1) is 12.2. The first-order valence-corrected chi connectivity index (χ1v) is 9.31. The van der Waals surface area contributed by atoms with Gasteiger partial charge in [0.25, 0.3) is 0 Å². The van der Waals surface area contributed by atoms with Gasteiger partial charge in [0, 0.05) is 31.2 Å². The Kier molecular flexibility index (Phi) is 5.92. The molecule has 0 saturated carbocycles. The van der Waals surface area contributed by atoms with Crippen molar-refractivity contribution in [2.45, 2.75) is 52.1 Å². The van der Waals surface area contributed by atoms with Crippen LogP contribution in [-0.4, -0.2) is 29.9 Å². The van der Waals surface area contributed by atoms with E-state index in [1.165, 1.54) is 5.56 Å². The fraction of sp³-hybridized carbons (Fsp3) is 0.476. The van der Waals surface area contributed by atoms with E-state index in [0.717, 1.165) is 50.3 Å². The van der Waals surface area contributed by atoms with Gasteiger partial charge in [0.05, 0.1) is 12.8 Å². The minimum absolute atomic E-state index is 0.248. The van der Waals surface area contributed by atoms with Gasteiger partial charge in [-0.3, -0.25) is 9.69 Å². The van der Waals surface area contributed by atoms with Crippen LogP contribution in [0.2, 0.25) is 0 Å². The number of nitrogens with zero attached hydrogens (tertiary/aromatic N) is 2. The molecule has 1 saturated heterocycles. The first-order valence-electron chi connectivity index (χ1n) is 9.31. The molecule has 134 valence electrons. The lowest BCUT2D eigenvalue weighted by atomic mass is 10.0. The van der Waals surface area contributed by atoms with Crippen LogP contribution in [0.1, 0.15) is 43.9 Å². The molecule has 0 N–H and O–H groups in total. The molecule has 0 aliphatic carbocycles. The summed E-state index contributed by atoms with van der Waals surface area (Å²) in [5, 5.41) is 0. The number of piperidine rings is 1. The largest absolute Gasteiger partial charge is 0.468 e. The van der Waals surface area contributed by atoms with Crippen LogP contribution in [-0.2, 0) is 11.3 Å². The molecule has 0 radical (unpaired) electrons. The SMILES string of the molecule is CCCC(=O)N(c1cccc(C)c1)C1CCN(Cc2ccco2)CC1. The van der Waals surface area contributed by atoms with E-state index in [0.29, 0.717) is 6.42 Å². The topological polar surface area (TPSA) is 36.7 Å². The Morgan fingerprint density at radius 3 is 2.68 bits per heavy atom. The van der Waals surface area contributed by atoms with E-state index in [4.69, 9.17) is 4.42 Å². The van der Waals surface area contributed by atoms with Gasteiger partial charge in [0.1, 0.15) is 5.76 Å². The van der Waals surface area contributed by atoms with Crippen LogP contribution in [0.3, 0.4) is 0 Å². The number of rotatable bonds is 6. The summed E-state index contributed by atoms with van der Waals surface area (Å²) in [6, 6.07) is 12.6. The average Bonchev–Trinajstić information content (AvgIpc) is 3.10. The molecular weight excluding hydrogens is 312 g/mol. The van der Waals surface area contributed by atoms with Crippen LogP contribution < -0.4 is 4.90 Å². The van der Waals surface area contributed by atoms with Crippen LogP contribution in [0, 0.1) is 6.92 Å². The van der Waals surface area contributed by atoms with Crippen molar-refractivity contribution in [2.75, 3.05) is 18.0 Å². The van der Waals surface area contributed by atoms with Gasteiger partial charge in [-0.2, -0.15) is 0 Å². The Hall–Kier alpha value is -2.07. The zero-order chi connectivity index (χ0) is 17.6.